The molecular formula is C63H92N4O7. The highest BCUT2D eigenvalue weighted by Gasteiger charge is 2.45. The van der Waals surface area contributed by atoms with Crippen molar-refractivity contribution < 1.29 is 34.0 Å². The van der Waals surface area contributed by atoms with Gasteiger partial charge in [0.25, 0.3) is 0 Å². The molecule has 1 aliphatic rings. The summed E-state index contributed by atoms with van der Waals surface area (Å²) < 4.78 is 27.1. The minimum Gasteiger partial charge on any atom is -0.390 e. The van der Waals surface area contributed by atoms with Gasteiger partial charge in [0, 0.05) is 23.8 Å². The van der Waals surface area contributed by atoms with Gasteiger partial charge in [0.15, 0.2) is 0 Å². The number of carbonyl (C=O) groups is 1. The van der Waals surface area contributed by atoms with Gasteiger partial charge in [-0.25, -0.2) is 0 Å². The topological polar surface area (TPSA) is 155 Å². The van der Waals surface area contributed by atoms with E-state index in [2.05, 4.69) is 102 Å². The van der Waals surface area contributed by atoms with E-state index in [4.69, 9.17) is 24.5 Å². The Morgan fingerprint density at radius 1 is 0.622 bits per heavy atom. The van der Waals surface area contributed by atoms with Gasteiger partial charge >= 0.3 is 0 Å². The molecule has 11 nitrogen and oxygen atoms in total. The summed E-state index contributed by atoms with van der Waals surface area (Å²) in [5, 5.41) is 30.4. The van der Waals surface area contributed by atoms with E-state index in [1.54, 1.807) is 0 Å². The number of aryl methyl sites for hydroxylation is 1. The zero-order valence-electron chi connectivity index (χ0n) is 45.2. The van der Waals surface area contributed by atoms with E-state index in [9.17, 15) is 15.0 Å². The quantitative estimate of drug-likeness (QED) is 0.0173. The normalized spacial score (nSPS) is 18.8. The molecule has 1 aliphatic heterocycles. The van der Waals surface area contributed by atoms with Crippen molar-refractivity contribution in [3.05, 3.63) is 154 Å². The minimum absolute atomic E-state index is 0.104. The summed E-state index contributed by atoms with van der Waals surface area (Å²) >= 11 is 0. The maximum atomic E-state index is 13.7. The molecule has 8 atom stereocenters. The average molecular weight is 1020 g/mol. The van der Waals surface area contributed by atoms with Gasteiger partial charge in [0.2, 0.25) is 5.91 Å². The van der Waals surface area contributed by atoms with Crippen molar-refractivity contribution in [2.45, 2.75) is 217 Å². The Morgan fingerprint density at radius 3 is 1.70 bits per heavy atom. The van der Waals surface area contributed by atoms with Gasteiger partial charge in [-0.15, -0.1) is 0 Å². The second-order valence-electron chi connectivity index (χ2n) is 20.8. The fourth-order valence-corrected chi connectivity index (χ4v) is 10.3. The van der Waals surface area contributed by atoms with Gasteiger partial charge in [0.05, 0.1) is 63.0 Å². The predicted molar refractivity (Wildman–Crippen MR) is 299 cm³/mol. The molecule has 74 heavy (non-hydrogen) atoms. The molecule has 0 radical (unpaired) electrons. The molecule has 4 aromatic rings. The van der Waals surface area contributed by atoms with E-state index < -0.39 is 30.5 Å². The Morgan fingerprint density at radius 2 is 1.12 bits per heavy atom. The fraction of sp³-hybridized carbons (Fsp3) is 0.603. The van der Waals surface area contributed by atoms with Crippen LogP contribution >= 0.6 is 0 Å². The molecule has 0 spiro atoms. The fourth-order valence-electron chi connectivity index (χ4n) is 10.3. The summed E-state index contributed by atoms with van der Waals surface area (Å²) in [5.74, 6) is -0.211. The lowest BCUT2D eigenvalue weighted by atomic mass is 9.84. The number of nitrogens with zero attached hydrogens (tertiary/aromatic N) is 3. The number of amides is 1. The van der Waals surface area contributed by atoms with Crippen molar-refractivity contribution in [3.63, 3.8) is 0 Å². The van der Waals surface area contributed by atoms with Crippen LogP contribution < -0.4 is 5.32 Å². The lowest BCUT2D eigenvalue weighted by Crippen LogP contribution is -2.57. The standard InChI is InChI=1S/C63H92N4O7/c1-3-4-5-6-7-8-9-10-11-12-13-26-35-57(68)61(70)56(66-60(69)36-27-15-14-19-28-51-29-20-16-21-30-51)41-42-58-62(72-47-54-31-22-17-23-32-54)50(2)63(73-48-55-33-24-18-25-34-55)59(74-58)49-71-46-44-53-39-37-52(38-40-53)43-45-65-67-64/h16-18,20-25,29-34,37-40,50,56-59,61-63,68,70H,3-15,19,26-28,35-36,41-49H2,1-2H3,(H,66,69)/t50-,56+,57-,58-,59?,61+,62?,63-/m1/s1. The van der Waals surface area contributed by atoms with E-state index in [-0.39, 0.29) is 24.0 Å². The molecule has 1 heterocycles. The molecule has 5 rings (SSSR count). The number of carbonyl (C=O) groups excluding carboxylic acids is 1. The summed E-state index contributed by atoms with van der Waals surface area (Å²) in [6.07, 6.45) is 19.0. The number of unbranched alkanes of at least 4 members (excludes halogenated alkanes) is 14. The Labute approximate surface area is 445 Å². The highest BCUT2D eigenvalue weighted by Crippen LogP contribution is 2.35. The molecule has 11 heteroatoms. The molecule has 1 saturated heterocycles. The van der Waals surface area contributed by atoms with Crippen molar-refractivity contribution >= 4 is 5.91 Å². The Hall–Kier alpha value is -4.58. The van der Waals surface area contributed by atoms with Crippen LogP contribution in [0.15, 0.2) is 120 Å². The number of hydrogen-bond acceptors (Lipinski definition) is 8. The third-order valence-electron chi connectivity index (χ3n) is 14.8. The van der Waals surface area contributed by atoms with Crippen molar-refractivity contribution in [2.24, 2.45) is 11.0 Å². The first-order valence-corrected chi connectivity index (χ1v) is 28.7. The van der Waals surface area contributed by atoms with Crippen LogP contribution in [-0.4, -0.2) is 78.5 Å². The third kappa shape index (κ3) is 24.0. The monoisotopic (exact) mass is 1020 g/mol. The zero-order chi connectivity index (χ0) is 52.3. The molecule has 2 unspecified atom stereocenters. The number of aliphatic hydroxyl groups excluding tert-OH is 2. The van der Waals surface area contributed by atoms with Gasteiger partial charge in [-0.3, -0.25) is 4.79 Å². The first-order valence-electron chi connectivity index (χ1n) is 28.7. The van der Waals surface area contributed by atoms with E-state index in [0.29, 0.717) is 65.1 Å². The number of ether oxygens (including phenoxy) is 4. The number of hydrogen-bond donors (Lipinski definition) is 3. The summed E-state index contributed by atoms with van der Waals surface area (Å²) in [5.41, 5.74) is 14.4. The largest absolute Gasteiger partial charge is 0.390 e. The highest BCUT2D eigenvalue weighted by atomic mass is 16.6. The van der Waals surface area contributed by atoms with Crippen molar-refractivity contribution in [3.8, 4) is 0 Å². The molecule has 1 fully saturated rings. The van der Waals surface area contributed by atoms with Crippen LogP contribution in [0.25, 0.3) is 10.4 Å². The van der Waals surface area contributed by atoms with E-state index >= 15 is 0 Å². The Balaban J connectivity index is 1.25. The molecule has 0 aliphatic carbocycles. The van der Waals surface area contributed by atoms with Gasteiger partial charge < -0.3 is 34.5 Å². The van der Waals surface area contributed by atoms with Crippen LogP contribution in [0.2, 0.25) is 0 Å². The summed E-state index contributed by atoms with van der Waals surface area (Å²) in [6, 6.07) is 38.5. The van der Waals surface area contributed by atoms with Gasteiger partial charge in [-0.05, 0) is 84.7 Å². The second kappa shape index (κ2) is 37.2. The third-order valence-corrected chi connectivity index (χ3v) is 14.8. The smallest absolute Gasteiger partial charge is 0.220 e. The number of azide groups is 1. The lowest BCUT2D eigenvalue weighted by Gasteiger charge is -2.46. The Bertz CT molecular complexity index is 2070. The SMILES string of the molecule is CCCCCCCCCCCCCC[C@@H](O)[C@@H](O)[C@H](CC[C@H]1OC(COCCc2ccc(CCN=[N+]=[N-])cc2)[C@H](OCc2ccccc2)[C@H](C)C1OCc1ccccc1)NC(=O)CCCCCCc1ccccc1. The van der Waals surface area contributed by atoms with E-state index in [1.165, 1.54) is 63.4 Å². The van der Waals surface area contributed by atoms with Gasteiger partial charge in [-0.2, -0.15) is 0 Å². The minimum atomic E-state index is -1.14. The van der Waals surface area contributed by atoms with Crippen LogP contribution in [0, 0.1) is 5.92 Å². The maximum absolute atomic E-state index is 13.7. The molecule has 4 aromatic carbocycles. The Kier molecular flexibility index (Phi) is 30.3. The van der Waals surface area contributed by atoms with E-state index in [1.807, 2.05) is 42.5 Å². The first-order chi connectivity index (χ1) is 36.3. The van der Waals surface area contributed by atoms with Crippen LogP contribution in [-0.2, 0) is 56.2 Å². The lowest BCUT2D eigenvalue weighted by molar-refractivity contribution is -0.240. The summed E-state index contributed by atoms with van der Waals surface area (Å²) in [4.78, 5) is 16.6. The molecule has 0 bridgehead atoms. The average Bonchev–Trinajstić information content (AvgIpc) is 3.43. The molecule has 0 saturated carbocycles. The van der Waals surface area contributed by atoms with Crippen LogP contribution in [0.1, 0.15) is 170 Å². The predicted octanol–water partition coefficient (Wildman–Crippen LogP) is 13.9. The first kappa shape index (κ1) is 60.3. The van der Waals surface area contributed by atoms with Crippen LogP contribution in [0.3, 0.4) is 0 Å². The molecule has 0 aromatic heterocycles. The van der Waals surface area contributed by atoms with Gasteiger partial charge in [0.1, 0.15) is 6.10 Å². The second-order valence-corrected chi connectivity index (χ2v) is 20.8. The van der Waals surface area contributed by atoms with Crippen molar-refractivity contribution in [1.82, 2.24) is 5.32 Å². The van der Waals surface area contributed by atoms with E-state index in [0.717, 1.165) is 80.0 Å². The molecule has 406 valence electrons. The maximum Gasteiger partial charge on any atom is 0.220 e. The number of aliphatic hydroxyl groups is 2. The van der Waals surface area contributed by atoms with Crippen LogP contribution in [0.4, 0.5) is 0 Å². The van der Waals surface area contributed by atoms with Crippen molar-refractivity contribution in [1.29, 1.82) is 0 Å². The number of nitrogens with one attached hydrogen (secondary N) is 1. The number of benzene rings is 4. The molecule has 1 amide bonds. The zero-order valence-corrected chi connectivity index (χ0v) is 45.2. The molecule has 3 N–H and O–H groups in total. The highest BCUT2D eigenvalue weighted by molar-refractivity contribution is 5.76. The van der Waals surface area contributed by atoms with Gasteiger partial charge in [-0.1, -0.05) is 224 Å². The number of rotatable bonds is 40. The van der Waals surface area contributed by atoms with Crippen LogP contribution in [0.5, 0.6) is 0 Å². The summed E-state index contributed by atoms with van der Waals surface area (Å²) in [6.45, 7) is 6.45. The summed E-state index contributed by atoms with van der Waals surface area (Å²) in [7, 11) is 0. The molecular weight excluding hydrogens is 925 g/mol. The van der Waals surface area contributed by atoms with Crippen molar-refractivity contribution in [2.75, 3.05) is 19.8 Å².